The lowest BCUT2D eigenvalue weighted by molar-refractivity contribution is 0.0300. The topological polar surface area (TPSA) is 53.6 Å². The Labute approximate surface area is 110 Å². The molecule has 0 aliphatic carbocycles. The van der Waals surface area contributed by atoms with Gasteiger partial charge >= 0.3 is 6.09 Å². The van der Waals surface area contributed by atoms with E-state index in [-0.39, 0.29) is 6.09 Å². The van der Waals surface area contributed by atoms with Crippen LogP contribution in [0.1, 0.15) is 33.6 Å². The van der Waals surface area contributed by atoms with Gasteiger partial charge in [0.1, 0.15) is 5.60 Å². The zero-order valence-electron chi connectivity index (χ0n) is 12.1. The number of likely N-dealkylation sites (N-methyl/N-ethyl adjacent to an activating group) is 1. The van der Waals surface area contributed by atoms with Gasteiger partial charge in [0.15, 0.2) is 0 Å². The fourth-order valence-electron chi connectivity index (χ4n) is 1.89. The molecule has 1 rings (SSSR count). The highest BCUT2D eigenvalue weighted by Gasteiger charge is 2.19. The first-order valence-electron chi connectivity index (χ1n) is 6.77. The summed E-state index contributed by atoms with van der Waals surface area (Å²) in [4.78, 5) is 13.3. The number of nitrogens with one attached hydrogen (secondary N) is 2. The van der Waals surface area contributed by atoms with Crippen molar-refractivity contribution < 1.29 is 9.53 Å². The second kappa shape index (κ2) is 6.95. The van der Waals surface area contributed by atoms with E-state index in [0.29, 0.717) is 12.6 Å². The second-order valence-corrected chi connectivity index (χ2v) is 5.90. The summed E-state index contributed by atoms with van der Waals surface area (Å²) in [5.74, 6) is 0. The number of nitrogens with zero attached hydrogens (tertiary/aromatic N) is 1. The molecule has 0 saturated carbocycles. The predicted octanol–water partition coefficient (Wildman–Crippen LogP) is 1.19. The molecular formula is C13H27N3O2. The fraction of sp³-hybridized carbons (Fsp3) is 0.923. The van der Waals surface area contributed by atoms with Crippen molar-refractivity contribution in [1.82, 2.24) is 15.5 Å². The van der Waals surface area contributed by atoms with Gasteiger partial charge in [0.2, 0.25) is 0 Å². The van der Waals surface area contributed by atoms with Gasteiger partial charge in [-0.1, -0.05) is 0 Å². The van der Waals surface area contributed by atoms with E-state index < -0.39 is 5.60 Å². The van der Waals surface area contributed by atoms with Gasteiger partial charge in [0.05, 0.1) is 0 Å². The number of amides is 1. The molecule has 1 aliphatic heterocycles. The van der Waals surface area contributed by atoms with Gasteiger partial charge in [-0.15, -0.1) is 0 Å². The molecule has 1 fully saturated rings. The minimum absolute atomic E-state index is 0.261. The van der Waals surface area contributed by atoms with Crippen LogP contribution in [0, 0.1) is 0 Å². The summed E-state index contributed by atoms with van der Waals surface area (Å²) in [5, 5.41) is 6.79. The van der Waals surface area contributed by atoms with E-state index in [4.69, 9.17) is 4.74 Å². The Morgan fingerprint density at radius 3 is 2.78 bits per heavy atom. The molecule has 1 amide bonds. The first-order chi connectivity index (χ1) is 8.38. The predicted molar refractivity (Wildman–Crippen MR) is 72.8 cm³/mol. The van der Waals surface area contributed by atoms with E-state index in [0.717, 1.165) is 19.6 Å². The zero-order chi connectivity index (χ0) is 13.6. The zero-order valence-corrected chi connectivity index (χ0v) is 12.1. The summed E-state index contributed by atoms with van der Waals surface area (Å²) >= 11 is 0. The van der Waals surface area contributed by atoms with E-state index in [1.807, 2.05) is 20.8 Å². The highest BCUT2D eigenvalue weighted by molar-refractivity contribution is 5.67. The van der Waals surface area contributed by atoms with Crippen LogP contribution in [-0.4, -0.2) is 55.9 Å². The summed E-state index contributed by atoms with van der Waals surface area (Å²) in [7, 11) is 1.77. The average Bonchev–Trinajstić information content (AvgIpc) is 2.74. The average molecular weight is 257 g/mol. The molecule has 0 aromatic carbocycles. The van der Waals surface area contributed by atoms with Crippen LogP contribution in [0.5, 0.6) is 0 Å². The van der Waals surface area contributed by atoms with Crippen LogP contribution in [0.4, 0.5) is 4.79 Å². The lowest BCUT2D eigenvalue weighted by Gasteiger charge is -2.24. The smallest absolute Gasteiger partial charge is 0.410 e. The molecule has 18 heavy (non-hydrogen) atoms. The van der Waals surface area contributed by atoms with Crippen molar-refractivity contribution in [2.24, 2.45) is 0 Å². The van der Waals surface area contributed by atoms with Crippen molar-refractivity contribution in [3.05, 3.63) is 0 Å². The maximum atomic E-state index is 11.7. The first-order valence-corrected chi connectivity index (χ1v) is 6.77. The number of ether oxygens (including phenoxy) is 1. The number of rotatable bonds is 5. The molecule has 0 bridgehead atoms. The lowest BCUT2D eigenvalue weighted by atomic mass is 10.2. The molecular weight excluding hydrogens is 230 g/mol. The van der Waals surface area contributed by atoms with Crippen LogP contribution < -0.4 is 10.6 Å². The minimum Gasteiger partial charge on any atom is -0.444 e. The molecule has 5 nitrogen and oxygen atoms in total. The van der Waals surface area contributed by atoms with Crippen molar-refractivity contribution in [3.8, 4) is 0 Å². The molecule has 1 aliphatic rings. The Morgan fingerprint density at radius 1 is 1.50 bits per heavy atom. The van der Waals surface area contributed by atoms with Crippen LogP contribution in [0.3, 0.4) is 0 Å². The lowest BCUT2D eigenvalue weighted by Crippen LogP contribution is -2.40. The molecule has 1 unspecified atom stereocenters. The Kier molecular flexibility index (Phi) is 5.88. The third-order valence-corrected chi connectivity index (χ3v) is 2.88. The quantitative estimate of drug-likeness (QED) is 0.727. The summed E-state index contributed by atoms with van der Waals surface area (Å²) in [5.41, 5.74) is -0.424. The fourth-order valence-corrected chi connectivity index (χ4v) is 1.89. The largest absolute Gasteiger partial charge is 0.444 e. The number of hydrogen-bond acceptors (Lipinski definition) is 4. The van der Waals surface area contributed by atoms with Crippen molar-refractivity contribution in [2.45, 2.75) is 45.3 Å². The van der Waals surface area contributed by atoms with Crippen LogP contribution in [0.15, 0.2) is 0 Å². The van der Waals surface area contributed by atoms with E-state index in [9.17, 15) is 4.79 Å². The third-order valence-electron chi connectivity index (χ3n) is 2.88. The van der Waals surface area contributed by atoms with Crippen LogP contribution in [0.2, 0.25) is 0 Å². The normalized spacial score (nSPS) is 19.9. The molecule has 1 atom stereocenters. The van der Waals surface area contributed by atoms with E-state index >= 15 is 0 Å². The molecule has 2 N–H and O–H groups in total. The molecule has 1 saturated heterocycles. The molecule has 106 valence electrons. The van der Waals surface area contributed by atoms with Crippen LogP contribution in [0.25, 0.3) is 0 Å². The Bertz CT molecular complexity index is 257. The SMILES string of the molecule is CN(CCNCC1CCCN1)C(=O)OC(C)(C)C. The molecule has 0 aromatic heterocycles. The monoisotopic (exact) mass is 257 g/mol. The summed E-state index contributed by atoms with van der Waals surface area (Å²) in [6, 6.07) is 0.594. The number of carbonyl (C=O) groups is 1. The third kappa shape index (κ3) is 6.21. The maximum Gasteiger partial charge on any atom is 0.410 e. The van der Waals surface area contributed by atoms with E-state index in [2.05, 4.69) is 10.6 Å². The Hall–Kier alpha value is -0.810. The van der Waals surface area contributed by atoms with Crippen molar-refractivity contribution in [3.63, 3.8) is 0 Å². The van der Waals surface area contributed by atoms with Crippen LogP contribution >= 0.6 is 0 Å². The van der Waals surface area contributed by atoms with Gasteiger partial charge < -0.3 is 20.3 Å². The van der Waals surface area contributed by atoms with Crippen molar-refractivity contribution >= 4 is 6.09 Å². The number of carbonyl (C=O) groups excluding carboxylic acids is 1. The van der Waals surface area contributed by atoms with Gasteiger partial charge in [-0.2, -0.15) is 0 Å². The van der Waals surface area contributed by atoms with Crippen molar-refractivity contribution in [1.29, 1.82) is 0 Å². The molecule has 5 heteroatoms. The van der Waals surface area contributed by atoms with Gasteiger partial charge in [0.25, 0.3) is 0 Å². The van der Waals surface area contributed by atoms with Crippen molar-refractivity contribution in [2.75, 3.05) is 33.2 Å². The molecule has 0 spiro atoms. The summed E-state index contributed by atoms with van der Waals surface area (Å²) in [6.45, 7) is 9.20. The number of hydrogen-bond donors (Lipinski definition) is 2. The Balaban J connectivity index is 2.08. The summed E-state index contributed by atoms with van der Waals surface area (Å²) < 4.78 is 5.28. The molecule has 1 heterocycles. The van der Waals surface area contributed by atoms with E-state index in [1.54, 1.807) is 11.9 Å². The first kappa shape index (κ1) is 15.2. The van der Waals surface area contributed by atoms with Gasteiger partial charge in [-0.05, 0) is 40.2 Å². The van der Waals surface area contributed by atoms with E-state index in [1.165, 1.54) is 12.8 Å². The van der Waals surface area contributed by atoms with Gasteiger partial charge in [0, 0.05) is 32.7 Å². The van der Waals surface area contributed by atoms with Gasteiger partial charge in [-0.3, -0.25) is 0 Å². The van der Waals surface area contributed by atoms with Crippen LogP contribution in [-0.2, 0) is 4.74 Å². The Morgan fingerprint density at radius 2 is 2.22 bits per heavy atom. The maximum absolute atomic E-state index is 11.7. The molecule has 0 aromatic rings. The standard InChI is InChI=1S/C13H27N3O2/c1-13(2,3)18-12(17)16(4)9-8-14-10-11-6-5-7-15-11/h11,14-15H,5-10H2,1-4H3. The highest BCUT2D eigenvalue weighted by atomic mass is 16.6. The molecule has 0 radical (unpaired) electrons. The highest BCUT2D eigenvalue weighted by Crippen LogP contribution is 2.08. The van der Waals surface area contributed by atoms with Gasteiger partial charge in [-0.25, -0.2) is 4.79 Å². The summed E-state index contributed by atoms with van der Waals surface area (Å²) in [6.07, 6.45) is 2.25. The second-order valence-electron chi connectivity index (χ2n) is 5.90. The minimum atomic E-state index is -0.424.